The number of amides is 1. The topological polar surface area (TPSA) is 91.0 Å². The number of aromatic nitrogens is 4. The van der Waals surface area contributed by atoms with E-state index in [0.29, 0.717) is 35.8 Å². The van der Waals surface area contributed by atoms with E-state index in [9.17, 15) is 9.59 Å². The van der Waals surface area contributed by atoms with Gasteiger partial charge >= 0.3 is 5.97 Å². The number of ether oxygens (including phenoxy) is 1. The van der Waals surface area contributed by atoms with E-state index in [0.717, 1.165) is 11.3 Å². The van der Waals surface area contributed by atoms with E-state index >= 15 is 0 Å². The van der Waals surface area contributed by atoms with Crippen molar-refractivity contribution in [2.24, 2.45) is 0 Å². The molecule has 0 aliphatic rings. The normalized spacial score (nSPS) is 10.7. The van der Waals surface area contributed by atoms with Crippen molar-refractivity contribution < 1.29 is 14.3 Å². The molecule has 4 rings (SSSR count). The van der Waals surface area contributed by atoms with Gasteiger partial charge in [-0.05, 0) is 43.7 Å². The summed E-state index contributed by atoms with van der Waals surface area (Å²) in [5.41, 5.74) is 3.42. The van der Waals surface area contributed by atoms with Gasteiger partial charge in [-0.25, -0.2) is 14.2 Å². The molecule has 2 heterocycles. The maximum Gasteiger partial charge on any atom is 0.341 e. The van der Waals surface area contributed by atoms with Crippen molar-refractivity contribution in [2.75, 3.05) is 11.9 Å². The first-order valence-electron chi connectivity index (χ1n) is 10.3. The molecule has 1 N–H and O–H groups in total. The molecule has 0 radical (unpaired) electrons. The number of hydrogen-bond acceptors (Lipinski definition) is 5. The Balaban J connectivity index is 1.47. The Kier molecular flexibility index (Phi) is 6.12. The highest BCUT2D eigenvalue weighted by Crippen LogP contribution is 2.17. The van der Waals surface area contributed by atoms with Crippen LogP contribution in [0.4, 0.5) is 5.82 Å². The summed E-state index contributed by atoms with van der Waals surface area (Å²) in [6.45, 7) is 4.42. The van der Waals surface area contributed by atoms with Crippen LogP contribution in [0, 0.1) is 6.92 Å². The number of nitrogens with zero attached hydrogens (tertiary/aromatic N) is 4. The van der Waals surface area contributed by atoms with Gasteiger partial charge in [-0.2, -0.15) is 10.2 Å². The Labute approximate surface area is 185 Å². The van der Waals surface area contributed by atoms with Gasteiger partial charge in [0.1, 0.15) is 11.4 Å². The number of benzene rings is 2. The van der Waals surface area contributed by atoms with Crippen LogP contribution in [-0.2, 0) is 11.3 Å². The molecule has 0 atom stereocenters. The van der Waals surface area contributed by atoms with Gasteiger partial charge in [0.15, 0.2) is 0 Å². The van der Waals surface area contributed by atoms with E-state index in [1.54, 1.807) is 59.7 Å². The van der Waals surface area contributed by atoms with Crippen LogP contribution >= 0.6 is 0 Å². The molecule has 0 saturated heterocycles. The van der Waals surface area contributed by atoms with Crippen LogP contribution in [0.15, 0.2) is 73.1 Å². The summed E-state index contributed by atoms with van der Waals surface area (Å²) < 4.78 is 8.44. The van der Waals surface area contributed by atoms with Gasteiger partial charge < -0.3 is 10.1 Å². The van der Waals surface area contributed by atoms with Gasteiger partial charge in [-0.3, -0.25) is 4.79 Å². The largest absolute Gasteiger partial charge is 0.462 e. The standard InChI is InChI=1S/C24H23N5O3/c1-3-32-24(31)21-15-26-29(17(21)2)20-11-9-19(10-12-20)23(30)27-22-13-14-25-28(22)16-18-7-5-4-6-8-18/h4-15H,3,16H2,1-2H3,(H,27,30). The summed E-state index contributed by atoms with van der Waals surface area (Å²) in [5, 5.41) is 11.5. The molecule has 8 heteroatoms. The minimum atomic E-state index is -0.403. The average molecular weight is 429 g/mol. The monoisotopic (exact) mass is 429 g/mol. The van der Waals surface area contributed by atoms with Crippen LogP contribution in [0.2, 0.25) is 0 Å². The minimum absolute atomic E-state index is 0.240. The van der Waals surface area contributed by atoms with E-state index < -0.39 is 5.97 Å². The molecule has 0 saturated carbocycles. The van der Waals surface area contributed by atoms with Crippen molar-refractivity contribution in [3.05, 3.63) is 95.4 Å². The summed E-state index contributed by atoms with van der Waals surface area (Å²) in [7, 11) is 0. The highest BCUT2D eigenvalue weighted by atomic mass is 16.5. The maximum absolute atomic E-state index is 12.8. The van der Waals surface area contributed by atoms with Gasteiger partial charge in [0.05, 0.1) is 36.9 Å². The maximum atomic E-state index is 12.8. The molecule has 162 valence electrons. The molecule has 0 aliphatic carbocycles. The summed E-state index contributed by atoms with van der Waals surface area (Å²) in [6.07, 6.45) is 3.14. The molecule has 0 fully saturated rings. The first-order valence-corrected chi connectivity index (χ1v) is 10.3. The Morgan fingerprint density at radius 3 is 2.47 bits per heavy atom. The summed E-state index contributed by atoms with van der Waals surface area (Å²) in [5.74, 6) is -0.0277. The lowest BCUT2D eigenvalue weighted by Gasteiger charge is -2.10. The molecule has 1 amide bonds. The zero-order chi connectivity index (χ0) is 22.5. The smallest absolute Gasteiger partial charge is 0.341 e. The summed E-state index contributed by atoms with van der Waals surface area (Å²) in [6, 6.07) is 18.7. The van der Waals surface area contributed by atoms with Crippen LogP contribution in [0.5, 0.6) is 0 Å². The predicted molar refractivity (Wildman–Crippen MR) is 120 cm³/mol. The molecule has 0 aliphatic heterocycles. The first kappa shape index (κ1) is 21.0. The van der Waals surface area contributed by atoms with Crippen LogP contribution in [0.1, 0.15) is 38.9 Å². The van der Waals surface area contributed by atoms with E-state index in [-0.39, 0.29) is 5.91 Å². The van der Waals surface area contributed by atoms with Crippen molar-refractivity contribution in [3.8, 4) is 5.69 Å². The van der Waals surface area contributed by atoms with Crippen molar-refractivity contribution >= 4 is 17.7 Å². The molecule has 2 aromatic carbocycles. The van der Waals surface area contributed by atoms with Gasteiger partial charge in [0, 0.05) is 11.6 Å². The molecule has 2 aromatic heterocycles. The van der Waals surface area contributed by atoms with Crippen molar-refractivity contribution in [2.45, 2.75) is 20.4 Å². The Morgan fingerprint density at radius 1 is 1.00 bits per heavy atom. The van der Waals surface area contributed by atoms with Crippen LogP contribution in [-0.4, -0.2) is 38.0 Å². The van der Waals surface area contributed by atoms with Crippen LogP contribution in [0.3, 0.4) is 0 Å². The Hall–Kier alpha value is -4.20. The summed E-state index contributed by atoms with van der Waals surface area (Å²) in [4.78, 5) is 24.8. The number of hydrogen-bond donors (Lipinski definition) is 1. The van der Waals surface area contributed by atoms with Crippen molar-refractivity contribution in [3.63, 3.8) is 0 Å². The molecule has 8 nitrogen and oxygen atoms in total. The van der Waals surface area contributed by atoms with Gasteiger partial charge in [-0.1, -0.05) is 30.3 Å². The molecule has 0 unspecified atom stereocenters. The van der Waals surface area contributed by atoms with Crippen LogP contribution < -0.4 is 5.32 Å². The minimum Gasteiger partial charge on any atom is -0.462 e. The van der Waals surface area contributed by atoms with Crippen molar-refractivity contribution in [1.29, 1.82) is 0 Å². The predicted octanol–water partition coefficient (Wildman–Crippen LogP) is 3.85. The molecular formula is C24H23N5O3. The molecule has 0 bridgehead atoms. The fourth-order valence-electron chi connectivity index (χ4n) is 3.34. The molecule has 32 heavy (non-hydrogen) atoms. The Bertz CT molecular complexity index is 1230. The third-order valence-corrected chi connectivity index (χ3v) is 5.01. The lowest BCUT2D eigenvalue weighted by Crippen LogP contribution is -2.16. The SMILES string of the molecule is CCOC(=O)c1cnn(-c2ccc(C(=O)Nc3ccnn3Cc3ccccc3)cc2)c1C. The van der Waals surface area contributed by atoms with Crippen molar-refractivity contribution in [1.82, 2.24) is 19.6 Å². The van der Waals surface area contributed by atoms with Crippen LogP contribution in [0.25, 0.3) is 5.69 Å². The van der Waals surface area contributed by atoms with Gasteiger partial charge in [0.2, 0.25) is 0 Å². The molecule has 4 aromatic rings. The Morgan fingerprint density at radius 2 is 1.75 bits per heavy atom. The van der Waals surface area contributed by atoms with E-state index in [1.165, 1.54) is 6.20 Å². The number of carbonyl (C=O) groups is 2. The zero-order valence-corrected chi connectivity index (χ0v) is 17.9. The quantitative estimate of drug-likeness (QED) is 0.451. The second-order valence-corrected chi connectivity index (χ2v) is 7.14. The summed E-state index contributed by atoms with van der Waals surface area (Å²) >= 11 is 0. The lowest BCUT2D eigenvalue weighted by molar-refractivity contribution is 0.0525. The zero-order valence-electron chi connectivity index (χ0n) is 17.9. The number of anilines is 1. The third-order valence-electron chi connectivity index (χ3n) is 5.01. The number of rotatable bonds is 7. The molecule has 0 spiro atoms. The average Bonchev–Trinajstić information content (AvgIpc) is 3.41. The number of nitrogens with one attached hydrogen (secondary N) is 1. The fraction of sp³-hybridized carbons (Fsp3) is 0.167. The van der Waals surface area contributed by atoms with E-state index in [2.05, 4.69) is 15.5 Å². The number of esters is 1. The lowest BCUT2D eigenvalue weighted by atomic mass is 10.2. The highest BCUT2D eigenvalue weighted by Gasteiger charge is 2.16. The van der Waals surface area contributed by atoms with Gasteiger partial charge in [0.25, 0.3) is 5.91 Å². The third kappa shape index (κ3) is 4.44. The molecular weight excluding hydrogens is 406 g/mol. The second-order valence-electron chi connectivity index (χ2n) is 7.14. The first-order chi connectivity index (χ1) is 15.6. The fourth-order valence-corrected chi connectivity index (χ4v) is 3.34. The highest BCUT2D eigenvalue weighted by molar-refractivity contribution is 6.03. The second kappa shape index (κ2) is 9.30. The number of carbonyl (C=O) groups excluding carboxylic acids is 2. The van der Waals surface area contributed by atoms with Gasteiger partial charge in [-0.15, -0.1) is 0 Å². The van der Waals surface area contributed by atoms with E-state index in [1.807, 2.05) is 30.3 Å². The van der Waals surface area contributed by atoms with E-state index in [4.69, 9.17) is 4.74 Å².